The number of anilines is 1. The second-order valence-corrected chi connectivity index (χ2v) is 5.46. The first-order valence-electron chi connectivity index (χ1n) is 7.40. The van der Waals surface area contributed by atoms with Crippen molar-refractivity contribution >= 4 is 11.9 Å². The third kappa shape index (κ3) is 5.99. The molecule has 0 aromatic carbocycles. The summed E-state index contributed by atoms with van der Waals surface area (Å²) in [6, 6.07) is 1.72. The van der Waals surface area contributed by atoms with Crippen LogP contribution < -0.4 is 10.6 Å². The first-order valence-corrected chi connectivity index (χ1v) is 7.40. The molecule has 1 rings (SSSR count). The number of nitrogens with zero attached hydrogens (tertiary/aromatic N) is 2. The predicted molar refractivity (Wildman–Crippen MR) is 82.0 cm³/mol. The maximum atomic E-state index is 12.0. The summed E-state index contributed by atoms with van der Waals surface area (Å²) in [6.45, 7) is 9.66. The molecule has 0 aliphatic carbocycles. The standard InChI is InChI=1S/C15H26N4O/c1-5-6-7-8-16-15-18-12(4)9-13(19-15)14(20)17-10-11(2)3/h9,11H,5-8,10H2,1-4H3,(H,17,20)(H,16,18,19). The van der Waals surface area contributed by atoms with E-state index in [0.29, 0.717) is 24.1 Å². The molecule has 0 fully saturated rings. The molecule has 5 nitrogen and oxygen atoms in total. The van der Waals surface area contributed by atoms with Gasteiger partial charge in [0, 0.05) is 18.8 Å². The molecule has 0 bridgehead atoms. The number of rotatable bonds is 8. The predicted octanol–water partition coefficient (Wildman–Crippen LogP) is 2.77. The minimum Gasteiger partial charge on any atom is -0.354 e. The fourth-order valence-corrected chi connectivity index (χ4v) is 1.73. The summed E-state index contributed by atoms with van der Waals surface area (Å²) in [5.74, 6) is 0.824. The average Bonchev–Trinajstić information content (AvgIpc) is 2.40. The zero-order chi connectivity index (χ0) is 15.0. The van der Waals surface area contributed by atoms with Crippen LogP contribution in [0.1, 0.15) is 56.2 Å². The Morgan fingerprint density at radius 2 is 2.05 bits per heavy atom. The highest BCUT2D eigenvalue weighted by molar-refractivity contribution is 5.92. The Labute approximate surface area is 121 Å². The lowest BCUT2D eigenvalue weighted by molar-refractivity contribution is 0.0944. The van der Waals surface area contributed by atoms with E-state index in [2.05, 4.69) is 41.4 Å². The van der Waals surface area contributed by atoms with Crippen LogP contribution in [0, 0.1) is 12.8 Å². The summed E-state index contributed by atoms with van der Waals surface area (Å²) in [5, 5.41) is 6.05. The van der Waals surface area contributed by atoms with Crippen molar-refractivity contribution in [1.82, 2.24) is 15.3 Å². The number of carbonyl (C=O) groups is 1. The molecule has 1 amide bonds. The molecule has 0 saturated heterocycles. The lowest BCUT2D eigenvalue weighted by Crippen LogP contribution is -2.28. The zero-order valence-electron chi connectivity index (χ0n) is 13.0. The van der Waals surface area contributed by atoms with E-state index >= 15 is 0 Å². The van der Waals surface area contributed by atoms with Crippen molar-refractivity contribution in [2.45, 2.75) is 47.0 Å². The Bertz CT molecular complexity index is 432. The molecule has 0 aliphatic heterocycles. The molecule has 0 aliphatic rings. The molecular formula is C15H26N4O. The van der Waals surface area contributed by atoms with Crippen LogP contribution in [0.5, 0.6) is 0 Å². The summed E-state index contributed by atoms with van der Waals surface area (Å²) < 4.78 is 0. The van der Waals surface area contributed by atoms with Gasteiger partial charge in [0.2, 0.25) is 5.95 Å². The lowest BCUT2D eigenvalue weighted by Gasteiger charge is -2.09. The molecule has 0 unspecified atom stereocenters. The number of hydrogen-bond acceptors (Lipinski definition) is 4. The molecule has 1 aromatic rings. The van der Waals surface area contributed by atoms with Crippen LogP contribution in [-0.4, -0.2) is 29.0 Å². The van der Waals surface area contributed by atoms with E-state index in [1.165, 1.54) is 12.8 Å². The summed E-state index contributed by atoms with van der Waals surface area (Å²) in [7, 11) is 0. The van der Waals surface area contributed by atoms with Gasteiger partial charge in [0.05, 0.1) is 0 Å². The molecule has 2 N–H and O–H groups in total. The van der Waals surface area contributed by atoms with Crippen molar-refractivity contribution in [3.63, 3.8) is 0 Å². The van der Waals surface area contributed by atoms with Gasteiger partial charge in [-0.25, -0.2) is 9.97 Å². The van der Waals surface area contributed by atoms with Crippen LogP contribution in [0.25, 0.3) is 0 Å². The van der Waals surface area contributed by atoms with Crippen LogP contribution in [0.4, 0.5) is 5.95 Å². The van der Waals surface area contributed by atoms with Gasteiger partial charge < -0.3 is 10.6 Å². The quantitative estimate of drug-likeness (QED) is 0.718. The van der Waals surface area contributed by atoms with E-state index in [9.17, 15) is 4.79 Å². The van der Waals surface area contributed by atoms with Gasteiger partial charge in [-0.15, -0.1) is 0 Å². The van der Waals surface area contributed by atoms with Crippen LogP contribution in [0.2, 0.25) is 0 Å². The van der Waals surface area contributed by atoms with Gasteiger partial charge in [0.15, 0.2) is 0 Å². The Balaban J connectivity index is 2.63. The number of amides is 1. The molecule has 20 heavy (non-hydrogen) atoms. The van der Waals surface area contributed by atoms with E-state index in [0.717, 1.165) is 18.7 Å². The topological polar surface area (TPSA) is 66.9 Å². The van der Waals surface area contributed by atoms with Crippen molar-refractivity contribution in [3.8, 4) is 0 Å². The molecule has 1 aromatic heterocycles. The molecule has 1 heterocycles. The first-order chi connectivity index (χ1) is 9.52. The van der Waals surface area contributed by atoms with Crippen molar-refractivity contribution in [2.24, 2.45) is 5.92 Å². The third-order valence-electron chi connectivity index (χ3n) is 2.82. The second-order valence-electron chi connectivity index (χ2n) is 5.46. The average molecular weight is 278 g/mol. The normalized spacial score (nSPS) is 10.7. The van der Waals surface area contributed by atoms with E-state index in [4.69, 9.17) is 0 Å². The number of carbonyl (C=O) groups excluding carboxylic acids is 1. The lowest BCUT2D eigenvalue weighted by atomic mass is 10.2. The fraction of sp³-hybridized carbons (Fsp3) is 0.667. The van der Waals surface area contributed by atoms with Gasteiger partial charge in [-0.2, -0.15) is 0 Å². The van der Waals surface area contributed by atoms with Gasteiger partial charge in [-0.3, -0.25) is 4.79 Å². The molecule has 112 valence electrons. The minimum absolute atomic E-state index is 0.138. The molecule has 0 radical (unpaired) electrons. The van der Waals surface area contributed by atoms with E-state index in [1.807, 2.05) is 6.92 Å². The number of unbranched alkanes of at least 4 members (excludes halogenated alkanes) is 2. The van der Waals surface area contributed by atoms with Gasteiger partial charge >= 0.3 is 0 Å². The summed E-state index contributed by atoms with van der Waals surface area (Å²) in [5.41, 5.74) is 1.23. The number of nitrogens with one attached hydrogen (secondary N) is 2. The largest absolute Gasteiger partial charge is 0.354 e. The van der Waals surface area contributed by atoms with Gasteiger partial charge in [-0.05, 0) is 25.3 Å². The van der Waals surface area contributed by atoms with Crippen LogP contribution in [0.15, 0.2) is 6.07 Å². The summed E-state index contributed by atoms with van der Waals surface area (Å²) in [4.78, 5) is 20.6. The number of aromatic nitrogens is 2. The van der Waals surface area contributed by atoms with Crippen LogP contribution >= 0.6 is 0 Å². The van der Waals surface area contributed by atoms with E-state index in [1.54, 1.807) is 6.07 Å². The highest BCUT2D eigenvalue weighted by atomic mass is 16.1. The minimum atomic E-state index is -0.138. The zero-order valence-corrected chi connectivity index (χ0v) is 13.0. The maximum Gasteiger partial charge on any atom is 0.270 e. The Morgan fingerprint density at radius 3 is 2.70 bits per heavy atom. The molecule has 0 spiro atoms. The van der Waals surface area contributed by atoms with Crippen LogP contribution in [0.3, 0.4) is 0 Å². The van der Waals surface area contributed by atoms with Crippen molar-refractivity contribution in [2.75, 3.05) is 18.4 Å². The third-order valence-corrected chi connectivity index (χ3v) is 2.82. The molecule has 5 heteroatoms. The van der Waals surface area contributed by atoms with Crippen molar-refractivity contribution in [1.29, 1.82) is 0 Å². The van der Waals surface area contributed by atoms with Crippen molar-refractivity contribution in [3.05, 3.63) is 17.5 Å². The van der Waals surface area contributed by atoms with Crippen molar-refractivity contribution < 1.29 is 4.79 Å². The maximum absolute atomic E-state index is 12.0. The second kappa shape index (κ2) is 8.51. The SMILES string of the molecule is CCCCCNc1nc(C)cc(C(=O)NCC(C)C)n1. The molecule has 0 saturated carbocycles. The number of hydrogen-bond donors (Lipinski definition) is 2. The van der Waals surface area contributed by atoms with Crippen LogP contribution in [-0.2, 0) is 0 Å². The Hall–Kier alpha value is -1.65. The molecule has 0 atom stereocenters. The first kappa shape index (κ1) is 16.4. The Morgan fingerprint density at radius 1 is 1.30 bits per heavy atom. The van der Waals surface area contributed by atoms with E-state index < -0.39 is 0 Å². The highest BCUT2D eigenvalue weighted by Crippen LogP contribution is 2.06. The van der Waals surface area contributed by atoms with Gasteiger partial charge in [0.1, 0.15) is 5.69 Å². The van der Waals surface area contributed by atoms with Gasteiger partial charge in [-0.1, -0.05) is 33.6 Å². The van der Waals surface area contributed by atoms with E-state index in [-0.39, 0.29) is 5.91 Å². The fourth-order valence-electron chi connectivity index (χ4n) is 1.73. The molecular weight excluding hydrogens is 252 g/mol. The highest BCUT2D eigenvalue weighted by Gasteiger charge is 2.10. The summed E-state index contributed by atoms with van der Waals surface area (Å²) in [6.07, 6.45) is 3.45. The van der Waals surface area contributed by atoms with Gasteiger partial charge in [0.25, 0.3) is 5.91 Å². The Kier molecular flexibility index (Phi) is 6.98. The summed E-state index contributed by atoms with van der Waals surface area (Å²) >= 11 is 0. The monoisotopic (exact) mass is 278 g/mol. The smallest absolute Gasteiger partial charge is 0.270 e. The number of aryl methyl sites for hydroxylation is 1.